The average molecular weight is 453 g/mol. The topological polar surface area (TPSA) is 49.9 Å². The molecule has 4 saturated heterocycles. The number of hydrogen-bond donors (Lipinski definition) is 0. The van der Waals surface area contributed by atoms with E-state index in [1.165, 1.54) is 9.75 Å². The zero-order chi connectivity index (χ0) is 20.9. The minimum Gasteiger partial charge on any atom is -0.379 e. The molecule has 1 aromatic heterocycles. The smallest absolute Gasteiger partial charge is 0.0983 e. The molecule has 0 unspecified atom stereocenters. The van der Waals surface area contributed by atoms with E-state index in [4.69, 9.17) is 18.9 Å². The molecule has 8 nitrogen and oxygen atoms in total. The van der Waals surface area contributed by atoms with Gasteiger partial charge in [-0.05, 0) is 12.1 Å². The van der Waals surface area contributed by atoms with Crippen LogP contribution in [0.2, 0.25) is 0 Å². The maximum Gasteiger partial charge on any atom is 0.0983 e. The fourth-order valence-electron chi connectivity index (χ4n) is 5.12. The van der Waals surface area contributed by atoms with Crippen LogP contribution in [0.5, 0.6) is 0 Å². The van der Waals surface area contributed by atoms with Crippen molar-refractivity contribution in [3.05, 3.63) is 21.9 Å². The van der Waals surface area contributed by atoms with Crippen molar-refractivity contribution in [2.75, 3.05) is 105 Å². The van der Waals surface area contributed by atoms with Gasteiger partial charge in [0.25, 0.3) is 0 Å². The molecule has 0 spiro atoms. The van der Waals surface area contributed by atoms with Crippen LogP contribution in [0.1, 0.15) is 22.1 Å². The lowest BCUT2D eigenvalue weighted by Crippen LogP contribution is -2.50. The van der Waals surface area contributed by atoms with Gasteiger partial charge >= 0.3 is 0 Å². The Hall–Kier alpha value is -0.620. The number of thiophene rings is 1. The van der Waals surface area contributed by atoms with E-state index in [0.29, 0.717) is 12.3 Å². The van der Waals surface area contributed by atoms with E-state index in [1.54, 1.807) is 0 Å². The third-order valence-electron chi connectivity index (χ3n) is 6.72. The molecule has 5 heterocycles. The van der Waals surface area contributed by atoms with Crippen molar-refractivity contribution in [2.45, 2.75) is 12.3 Å². The molecule has 9 heteroatoms. The third-order valence-corrected chi connectivity index (χ3v) is 7.89. The predicted octanol–water partition coefficient (Wildman–Crippen LogP) is 1.07. The molecule has 0 saturated carbocycles. The van der Waals surface area contributed by atoms with Gasteiger partial charge in [0.15, 0.2) is 0 Å². The lowest BCUT2D eigenvalue weighted by atomic mass is 10.2. The van der Waals surface area contributed by atoms with Gasteiger partial charge in [0.2, 0.25) is 0 Å². The molecular formula is C22H36N4O4S. The van der Waals surface area contributed by atoms with Crippen LogP contribution in [0, 0.1) is 0 Å². The summed E-state index contributed by atoms with van der Waals surface area (Å²) in [6, 6.07) is 4.76. The molecule has 0 aromatic carbocycles. The molecule has 0 radical (unpaired) electrons. The molecule has 0 bridgehead atoms. The summed E-state index contributed by atoms with van der Waals surface area (Å²) in [5.74, 6) is 0. The minimum atomic E-state index is 0.321. The van der Waals surface area contributed by atoms with Crippen molar-refractivity contribution in [1.82, 2.24) is 19.6 Å². The molecule has 174 valence electrons. The standard InChI is InChI=1S/C22H36N4O4S/c1-2-20(22(25-7-15-29-16-8-25)26-9-17-30-18-10-26)31-19(1)21(23-3-11-27-12-4-23)24-5-13-28-14-6-24/h1-2,21-22H,3-18H2. The Morgan fingerprint density at radius 3 is 1.00 bits per heavy atom. The second kappa shape index (κ2) is 11.0. The van der Waals surface area contributed by atoms with Crippen molar-refractivity contribution in [3.8, 4) is 0 Å². The van der Waals surface area contributed by atoms with Gasteiger partial charge in [-0.1, -0.05) is 0 Å². The lowest BCUT2D eigenvalue weighted by Gasteiger charge is -2.43. The second-order valence-electron chi connectivity index (χ2n) is 8.58. The van der Waals surface area contributed by atoms with Crippen LogP contribution in [0.15, 0.2) is 12.1 Å². The van der Waals surface area contributed by atoms with Crippen molar-refractivity contribution in [3.63, 3.8) is 0 Å². The second-order valence-corrected chi connectivity index (χ2v) is 9.73. The van der Waals surface area contributed by atoms with E-state index < -0.39 is 0 Å². The quantitative estimate of drug-likeness (QED) is 0.636. The molecule has 5 rings (SSSR count). The van der Waals surface area contributed by atoms with Gasteiger partial charge in [0, 0.05) is 62.1 Å². The predicted molar refractivity (Wildman–Crippen MR) is 119 cm³/mol. The molecule has 0 N–H and O–H groups in total. The van der Waals surface area contributed by atoms with Crippen LogP contribution in [0.25, 0.3) is 0 Å². The lowest BCUT2D eigenvalue weighted by molar-refractivity contribution is -0.0668. The van der Waals surface area contributed by atoms with Crippen LogP contribution in [0.4, 0.5) is 0 Å². The Bertz CT molecular complexity index is 578. The highest BCUT2D eigenvalue weighted by molar-refractivity contribution is 7.12. The first-order valence-electron chi connectivity index (χ1n) is 11.8. The van der Waals surface area contributed by atoms with Crippen LogP contribution in [-0.4, -0.2) is 125 Å². The van der Waals surface area contributed by atoms with E-state index in [9.17, 15) is 0 Å². The zero-order valence-electron chi connectivity index (χ0n) is 18.5. The molecular weight excluding hydrogens is 416 g/mol. The molecule has 4 fully saturated rings. The Kier molecular flexibility index (Phi) is 7.87. The van der Waals surface area contributed by atoms with E-state index in [0.717, 1.165) is 105 Å². The number of morpholine rings is 4. The normalized spacial score (nSPS) is 26.1. The Morgan fingerprint density at radius 1 is 0.484 bits per heavy atom. The van der Waals surface area contributed by atoms with Crippen molar-refractivity contribution in [2.24, 2.45) is 0 Å². The van der Waals surface area contributed by atoms with E-state index in [-0.39, 0.29) is 0 Å². The summed E-state index contributed by atoms with van der Waals surface area (Å²) in [5, 5.41) is 0. The fraction of sp³-hybridized carbons (Fsp3) is 0.818. The Morgan fingerprint density at radius 2 is 0.742 bits per heavy atom. The molecule has 0 amide bonds. The summed E-state index contributed by atoms with van der Waals surface area (Å²) in [4.78, 5) is 13.3. The highest BCUT2D eigenvalue weighted by Crippen LogP contribution is 2.37. The Balaban J connectivity index is 1.41. The van der Waals surface area contributed by atoms with Crippen LogP contribution in [0.3, 0.4) is 0 Å². The molecule has 0 aliphatic carbocycles. The molecule has 4 aliphatic rings. The van der Waals surface area contributed by atoms with Gasteiger partial charge in [0.05, 0.1) is 65.2 Å². The fourth-order valence-corrected chi connectivity index (χ4v) is 6.47. The van der Waals surface area contributed by atoms with E-state index >= 15 is 0 Å². The first kappa shape index (κ1) is 22.2. The SMILES string of the molecule is c1cc(C(N2CCOCC2)N2CCOCC2)sc1C(N1CCOCC1)N1CCOCC1. The maximum atomic E-state index is 5.66. The minimum absolute atomic E-state index is 0.321. The number of hydrogen-bond acceptors (Lipinski definition) is 9. The van der Waals surface area contributed by atoms with Crippen LogP contribution in [-0.2, 0) is 18.9 Å². The summed E-state index contributed by atoms with van der Waals surface area (Å²) in [6.07, 6.45) is 0.642. The summed E-state index contributed by atoms with van der Waals surface area (Å²) in [7, 11) is 0. The van der Waals surface area contributed by atoms with Gasteiger partial charge in [-0.3, -0.25) is 19.6 Å². The van der Waals surface area contributed by atoms with Gasteiger partial charge in [-0.2, -0.15) is 0 Å². The molecule has 31 heavy (non-hydrogen) atoms. The highest BCUT2D eigenvalue weighted by Gasteiger charge is 2.34. The van der Waals surface area contributed by atoms with E-state index in [1.807, 2.05) is 11.3 Å². The average Bonchev–Trinajstić information content (AvgIpc) is 3.31. The van der Waals surface area contributed by atoms with Crippen LogP contribution < -0.4 is 0 Å². The summed E-state index contributed by atoms with van der Waals surface area (Å²) >= 11 is 1.99. The summed E-state index contributed by atoms with van der Waals surface area (Å²) < 4.78 is 22.6. The van der Waals surface area contributed by atoms with Gasteiger partial charge in [0.1, 0.15) is 0 Å². The monoisotopic (exact) mass is 452 g/mol. The number of ether oxygens (including phenoxy) is 4. The summed E-state index contributed by atoms with van der Waals surface area (Å²) in [5.41, 5.74) is 0. The molecule has 0 atom stereocenters. The number of nitrogens with zero attached hydrogens (tertiary/aromatic N) is 4. The van der Waals surface area contributed by atoms with Gasteiger partial charge < -0.3 is 18.9 Å². The first-order valence-corrected chi connectivity index (χ1v) is 12.6. The van der Waals surface area contributed by atoms with Crippen molar-refractivity contribution >= 4 is 11.3 Å². The Labute approximate surface area is 189 Å². The van der Waals surface area contributed by atoms with Gasteiger partial charge in [-0.15, -0.1) is 11.3 Å². The number of rotatable bonds is 6. The first-order chi connectivity index (χ1) is 15.4. The summed E-state index contributed by atoms with van der Waals surface area (Å²) in [6.45, 7) is 14.5. The maximum absolute atomic E-state index is 5.66. The van der Waals surface area contributed by atoms with Crippen molar-refractivity contribution in [1.29, 1.82) is 0 Å². The highest BCUT2D eigenvalue weighted by atomic mass is 32.1. The van der Waals surface area contributed by atoms with Gasteiger partial charge in [-0.25, -0.2) is 0 Å². The zero-order valence-corrected chi connectivity index (χ0v) is 19.3. The van der Waals surface area contributed by atoms with E-state index in [2.05, 4.69) is 31.7 Å². The largest absolute Gasteiger partial charge is 0.379 e. The third kappa shape index (κ3) is 5.31. The molecule has 1 aromatic rings. The molecule has 4 aliphatic heterocycles. The van der Waals surface area contributed by atoms with Crippen molar-refractivity contribution < 1.29 is 18.9 Å². The van der Waals surface area contributed by atoms with Crippen LogP contribution >= 0.6 is 11.3 Å².